The summed E-state index contributed by atoms with van der Waals surface area (Å²) in [6, 6.07) is 18.7. The molecule has 5 nitrogen and oxygen atoms in total. The summed E-state index contributed by atoms with van der Waals surface area (Å²) in [6.45, 7) is 0.319. The van der Waals surface area contributed by atoms with Crippen LogP contribution in [-0.4, -0.2) is 35.5 Å². The first-order valence-corrected chi connectivity index (χ1v) is 11.2. The van der Waals surface area contributed by atoms with Gasteiger partial charge in [0.2, 0.25) is 0 Å². The number of rotatable bonds is 4. The zero-order chi connectivity index (χ0) is 21.4. The molecule has 0 radical (unpaired) electrons. The number of ketones is 1. The van der Waals surface area contributed by atoms with Crippen molar-refractivity contribution in [2.45, 2.75) is 56.5 Å². The molecule has 0 aromatic heterocycles. The van der Waals surface area contributed by atoms with Crippen molar-refractivity contribution in [2.75, 3.05) is 6.61 Å². The van der Waals surface area contributed by atoms with E-state index in [-0.39, 0.29) is 42.2 Å². The predicted octanol–water partition coefficient (Wildman–Crippen LogP) is 5.05. The lowest BCUT2D eigenvalue weighted by Crippen LogP contribution is -2.55. The summed E-state index contributed by atoms with van der Waals surface area (Å²) in [5.41, 5.74) is 4.84. The molecular formula is C26H26N2O3. The molecule has 1 aliphatic carbocycles. The Balaban J connectivity index is 1.30. The smallest absolute Gasteiger partial charge is 0.410 e. The zero-order valence-corrected chi connectivity index (χ0v) is 17.5. The first-order valence-electron chi connectivity index (χ1n) is 11.2. The topological polar surface area (TPSA) is 70.4 Å². The van der Waals surface area contributed by atoms with Crippen LogP contribution in [0.4, 0.5) is 4.79 Å². The van der Waals surface area contributed by atoms with Gasteiger partial charge in [-0.3, -0.25) is 4.79 Å². The first-order chi connectivity index (χ1) is 15.2. The minimum absolute atomic E-state index is 0.0200. The van der Waals surface area contributed by atoms with Crippen LogP contribution in [-0.2, 0) is 9.53 Å². The highest BCUT2D eigenvalue weighted by Gasteiger charge is 2.43. The van der Waals surface area contributed by atoms with Crippen molar-refractivity contribution in [3.05, 3.63) is 59.7 Å². The Morgan fingerprint density at radius 1 is 0.968 bits per heavy atom. The van der Waals surface area contributed by atoms with Crippen LogP contribution in [0.1, 0.15) is 55.6 Å². The Labute approximate surface area is 182 Å². The molecule has 2 atom stereocenters. The number of carbonyl (C=O) groups is 2. The number of amides is 1. The van der Waals surface area contributed by atoms with Crippen LogP contribution in [0.5, 0.6) is 0 Å². The summed E-state index contributed by atoms with van der Waals surface area (Å²) < 4.78 is 5.91. The highest BCUT2D eigenvalue weighted by molar-refractivity contribution is 5.83. The van der Waals surface area contributed by atoms with E-state index in [1.807, 2.05) is 35.2 Å². The van der Waals surface area contributed by atoms with Crippen molar-refractivity contribution in [1.82, 2.24) is 4.90 Å². The second-order valence-corrected chi connectivity index (χ2v) is 8.92. The molecule has 0 spiro atoms. The average Bonchev–Trinajstić information content (AvgIpc) is 3.10. The molecule has 5 heteroatoms. The number of ether oxygens (including phenoxy) is 1. The number of hydrogen-bond donors (Lipinski definition) is 0. The highest BCUT2D eigenvalue weighted by Crippen LogP contribution is 2.45. The van der Waals surface area contributed by atoms with Crippen molar-refractivity contribution >= 4 is 11.9 Å². The van der Waals surface area contributed by atoms with Crippen LogP contribution in [0.2, 0.25) is 0 Å². The number of nitriles is 1. The van der Waals surface area contributed by atoms with E-state index in [4.69, 9.17) is 10.00 Å². The lowest BCUT2D eigenvalue weighted by atomic mass is 9.76. The number of Topliss-reactive ketones (excluding diaryl/α,β-unsaturated/α-hetero) is 1. The van der Waals surface area contributed by atoms with Gasteiger partial charge in [0, 0.05) is 23.9 Å². The number of carbonyl (C=O) groups excluding carboxylic acids is 2. The van der Waals surface area contributed by atoms with Gasteiger partial charge in [-0.25, -0.2) is 4.79 Å². The van der Waals surface area contributed by atoms with E-state index in [9.17, 15) is 9.59 Å². The van der Waals surface area contributed by atoms with Gasteiger partial charge in [0.05, 0.1) is 12.5 Å². The summed E-state index contributed by atoms with van der Waals surface area (Å²) in [7, 11) is 0. The van der Waals surface area contributed by atoms with Crippen molar-refractivity contribution in [3.8, 4) is 17.2 Å². The molecule has 31 heavy (non-hydrogen) atoms. The third kappa shape index (κ3) is 3.50. The first kappa shape index (κ1) is 19.8. The quantitative estimate of drug-likeness (QED) is 0.702. The molecule has 2 aliphatic heterocycles. The fourth-order valence-corrected chi connectivity index (χ4v) is 5.83. The molecule has 2 fully saturated rings. The zero-order valence-electron chi connectivity index (χ0n) is 17.5. The monoisotopic (exact) mass is 414 g/mol. The number of piperidine rings is 2. The third-order valence-corrected chi connectivity index (χ3v) is 7.23. The molecule has 1 amide bonds. The van der Waals surface area contributed by atoms with E-state index in [0.29, 0.717) is 19.4 Å². The van der Waals surface area contributed by atoms with Gasteiger partial charge in [-0.1, -0.05) is 48.5 Å². The van der Waals surface area contributed by atoms with Crippen molar-refractivity contribution in [2.24, 2.45) is 5.92 Å². The van der Waals surface area contributed by atoms with Gasteiger partial charge in [-0.05, 0) is 54.4 Å². The molecule has 0 N–H and O–H groups in total. The van der Waals surface area contributed by atoms with Crippen LogP contribution in [0, 0.1) is 17.2 Å². The molecular weight excluding hydrogens is 388 g/mol. The normalized spacial score (nSPS) is 24.1. The molecule has 158 valence electrons. The summed E-state index contributed by atoms with van der Waals surface area (Å²) in [5.74, 6) is -0.0369. The predicted molar refractivity (Wildman–Crippen MR) is 116 cm³/mol. The van der Waals surface area contributed by atoms with Gasteiger partial charge in [0.15, 0.2) is 0 Å². The van der Waals surface area contributed by atoms with E-state index >= 15 is 0 Å². The maximum absolute atomic E-state index is 13.2. The van der Waals surface area contributed by atoms with Gasteiger partial charge in [0.1, 0.15) is 12.4 Å². The lowest BCUT2D eigenvalue weighted by molar-refractivity contribution is -0.125. The Morgan fingerprint density at radius 3 is 2.13 bits per heavy atom. The van der Waals surface area contributed by atoms with Gasteiger partial charge in [0.25, 0.3) is 0 Å². The fraction of sp³-hybridized carbons (Fsp3) is 0.423. The fourth-order valence-electron chi connectivity index (χ4n) is 5.83. The molecule has 2 unspecified atom stereocenters. The molecule has 2 bridgehead atoms. The molecule has 0 saturated carbocycles. The van der Waals surface area contributed by atoms with Crippen molar-refractivity contribution in [1.29, 1.82) is 5.26 Å². The van der Waals surface area contributed by atoms with Crippen LogP contribution in [0.3, 0.4) is 0 Å². The van der Waals surface area contributed by atoms with E-state index in [1.165, 1.54) is 22.3 Å². The lowest BCUT2D eigenvalue weighted by Gasteiger charge is -2.47. The molecule has 5 rings (SSSR count). The molecule has 2 saturated heterocycles. The minimum Gasteiger partial charge on any atom is -0.448 e. The SMILES string of the molecule is N#CCC(=O)C1CC2CCCC(C1)N2C(=O)OCC1c2ccccc2-c2ccccc21. The standard InChI is InChI=1S/C26H26N2O3/c27-13-12-25(29)17-14-18-6-5-7-19(15-17)28(18)26(30)31-16-24-22-10-3-1-8-20(22)21-9-2-4-11-23(21)24/h1-4,8-11,17-19,24H,5-7,12,14-16H2. The van der Waals surface area contributed by atoms with Crippen LogP contribution in [0.15, 0.2) is 48.5 Å². The Morgan fingerprint density at radius 2 is 1.55 bits per heavy atom. The third-order valence-electron chi connectivity index (χ3n) is 7.23. The minimum atomic E-state index is -0.261. The second kappa shape index (κ2) is 8.19. The van der Waals surface area contributed by atoms with Gasteiger partial charge >= 0.3 is 6.09 Å². The highest BCUT2D eigenvalue weighted by atomic mass is 16.6. The van der Waals surface area contributed by atoms with E-state index in [0.717, 1.165) is 19.3 Å². The molecule has 2 heterocycles. The summed E-state index contributed by atoms with van der Waals surface area (Å²) in [4.78, 5) is 27.3. The Kier molecular flexibility index (Phi) is 5.23. The largest absolute Gasteiger partial charge is 0.448 e. The average molecular weight is 415 g/mol. The maximum atomic E-state index is 13.2. The van der Waals surface area contributed by atoms with Gasteiger partial charge in [-0.15, -0.1) is 0 Å². The van der Waals surface area contributed by atoms with E-state index in [2.05, 4.69) is 24.3 Å². The Bertz CT molecular complexity index is 997. The van der Waals surface area contributed by atoms with Crippen molar-refractivity contribution < 1.29 is 14.3 Å². The number of nitrogens with zero attached hydrogens (tertiary/aromatic N) is 2. The summed E-state index contributed by atoms with van der Waals surface area (Å²) >= 11 is 0. The maximum Gasteiger partial charge on any atom is 0.410 e. The Hall–Kier alpha value is -3.13. The number of benzene rings is 2. The van der Waals surface area contributed by atoms with Crippen LogP contribution < -0.4 is 0 Å². The van der Waals surface area contributed by atoms with E-state index < -0.39 is 0 Å². The molecule has 2 aromatic carbocycles. The summed E-state index contributed by atoms with van der Waals surface area (Å²) in [6.07, 6.45) is 3.88. The summed E-state index contributed by atoms with van der Waals surface area (Å²) in [5, 5.41) is 8.87. The van der Waals surface area contributed by atoms with Crippen LogP contribution >= 0.6 is 0 Å². The number of fused-ring (bicyclic) bond motifs is 5. The second-order valence-electron chi connectivity index (χ2n) is 8.92. The van der Waals surface area contributed by atoms with Gasteiger partial charge < -0.3 is 9.64 Å². The van der Waals surface area contributed by atoms with Gasteiger partial charge in [-0.2, -0.15) is 5.26 Å². The van der Waals surface area contributed by atoms with E-state index in [1.54, 1.807) is 0 Å². The number of hydrogen-bond acceptors (Lipinski definition) is 4. The molecule has 3 aliphatic rings. The molecule has 2 aromatic rings. The van der Waals surface area contributed by atoms with Crippen LogP contribution in [0.25, 0.3) is 11.1 Å². The van der Waals surface area contributed by atoms with Crippen molar-refractivity contribution in [3.63, 3.8) is 0 Å².